The Morgan fingerprint density at radius 3 is 3.10 bits per heavy atom. The molecule has 2 rings (SSSR count). The molecule has 2 heterocycles. The fourth-order valence-corrected chi connectivity index (χ4v) is 2.46. The molecule has 112 valence electrons. The number of nitrogens with zero attached hydrogens (tertiary/aromatic N) is 4. The van der Waals surface area contributed by atoms with E-state index in [1.165, 1.54) is 6.33 Å². The van der Waals surface area contributed by atoms with Crippen LogP contribution < -0.4 is 10.2 Å². The number of likely N-dealkylation sites (N-methyl/N-ethyl adjacent to an activating group) is 1. The third-order valence-corrected chi connectivity index (χ3v) is 4.04. The molecule has 0 aliphatic carbocycles. The summed E-state index contributed by atoms with van der Waals surface area (Å²) in [6.45, 7) is 2.67. The van der Waals surface area contributed by atoms with E-state index in [1.807, 2.05) is 18.0 Å². The number of aromatic nitrogens is 2. The number of rotatable bonds is 6. The first kappa shape index (κ1) is 15.4. The third-order valence-electron chi connectivity index (χ3n) is 3.17. The zero-order valence-corrected chi connectivity index (χ0v) is 12.9. The zero-order chi connectivity index (χ0) is 15.1. The fraction of sp³-hybridized carbons (Fsp3) is 0.500. The number of terminal acetylenes is 1. The summed E-state index contributed by atoms with van der Waals surface area (Å²) in [5.41, 5.74) is 0. The molecule has 1 N–H and O–H groups in total. The Balaban J connectivity index is 1.89. The zero-order valence-electron chi connectivity index (χ0n) is 12.1. The van der Waals surface area contributed by atoms with Gasteiger partial charge in [0, 0.05) is 38.5 Å². The van der Waals surface area contributed by atoms with Crippen LogP contribution in [-0.4, -0.2) is 65.5 Å². The van der Waals surface area contributed by atoms with Crippen LogP contribution in [0.3, 0.4) is 0 Å². The molecule has 7 heteroatoms. The summed E-state index contributed by atoms with van der Waals surface area (Å²) < 4.78 is 0. The third kappa shape index (κ3) is 4.53. The number of hydrogen-bond donors (Lipinski definition) is 1. The van der Waals surface area contributed by atoms with Crippen LogP contribution in [0.5, 0.6) is 0 Å². The fourth-order valence-electron chi connectivity index (χ4n) is 1.95. The van der Waals surface area contributed by atoms with Gasteiger partial charge in [-0.1, -0.05) is 5.92 Å². The van der Waals surface area contributed by atoms with Gasteiger partial charge in [-0.25, -0.2) is 9.97 Å². The van der Waals surface area contributed by atoms with Gasteiger partial charge < -0.3 is 15.1 Å². The average molecular weight is 305 g/mol. The maximum Gasteiger partial charge on any atom is 0.241 e. The van der Waals surface area contributed by atoms with Crippen LogP contribution in [0.2, 0.25) is 0 Å². The quantitative estimate of drug-likeness (QED) is 0.611. The number of carbonyl (C=O) groups is 1. The second-order valence-electron chi connectivity index (χ2n) is 4.68. The summed E-state index contributed by atoms with van der Waals surface area (Å²) >= 11 is 1.70. The minimum atomic E-state index is 0.111. The Labute approximate surface area is 129 Å². The lowest BCUT2D eigenvalue weighted by Crippen LogP contribution is -2.48. The Hall–Kier alpha value is -1.94. The Morgan fingerprint density at radius 1 is 1.48 bits per heavy atom. The summed E-state index contributed by atoms with van der Waals surface area (Å²) in [6, 6.07) is 1.88. The summed E-state index contributed by atoms with van der Waals surface area (Å²) in [4.78, 5) is 23.9. The largest absolute Gasteiger partial charge is 0.369 e. The molecule has 0 unspecified atom stereocenters. The monoisotopic (exact) mass is 305 g/mol. The molecule has 0 bridgehead atoms. The highest BCUT2D eigenvalue weighted by molar-refractivity contribution is 7.99. The normalized spacial score (nSPS) is 15.0. The molecule has 0 radical (unpaired) electrons. The second kappa shape index (κ2) is 7.74. The highest BCUT2D eigenvalue weighted by Gasteiger charge is 2.22. The van der Waals surface area contributed by atoms with Gasteiger partial charge in [-0.2, -0.15) is 0 Å². The molecule has 1 fully saturated rings. The summed E-state index contributed by atoms with van der Waals surface area (Å²) in [6.07, 6.45) is 6.72. The predicted octanol–water partition coefficient (Wildman–Crippen LogP) is 0.533. The minimum Gasteiger partial charge on any atom is -0.369 e. The van der Waals surface area contributed by atoms with Gasteiger partial charge in [-0.3, -0.25) is 4.79 Å². The van der Waals surface area contributed by atoms with Crippen molar-refractivity contribution in [2.75, 3.05) is 54.9 Å². The lowest BCUT2D eigenvalue weighted by molar-refractivity contribution is -0.129. The molecule has 1 saturated heterocycles. The molecular weight excluding hydrogens is 286 g/mol. The van der Waals surface area contributed by atoms with Crippen LogP contribution in [0.15, 0.2) is 12.4 Å². The lowest BCUT2D eigenvalue weighted by Gasteiger charge is -2.32. The summed E-state index contributed by atoms with van der Waals surface area (Å²) in [5, 5.41) is 3.24. The molecule has 0 aromatic carbocycles. The van der Waals surface area contributed by atoms with Gasteiger partial charge >= 0.3 is 0 Å². The molecule has 1 aliphatic heterocycles. The van der Waals surface area contributed by atoms with Crippen molar-refractivity contribution in [2.24, 2.45) is 0 Å². The van der Waals surface area contributed by atoms with Gasteiger partial charge in [0.05, 0.1) is 12.3 Å². The van der Waals surface area contributed by atoms with Gasteiger partial charge in [0.1, 0.15) is 18.0 Å². The second-order valence-corrected chi connectivity index (χ2v) is 5.79. The molecule has 6 nitrogen and oxygen atoms in total. The smallest absolute Gasteiger partial charge is 0.241 e. The van der Waals surface area contributed by atoms with Crippen molar-refractivity contribution >= 4 is 29.3 Å². The average Bonchev–Trinajstić information content (AvgIpc) is 2.50. The first-order chi connectivity index (χ1) is 10.2. The van der Waals surface area contributed by atoms with Crippen molar-refractivity contribution < 1.29 is 4.79 Å². The van der Waals surface area contributed by atoms with Crippen LogP contribution in [0.4, 0.5) is 11.6 Å². The minimum absolute atomic E-state index is 0.111. The Bertz CT molecular complexity index is 530. The van der Waals surface area contributed by atoms with E-state index in [2.05, 4.69) is 21.2 Å². The van der Waals surface area contributed by atoms with Gasteiger partial charge in [0.25, 0.3) is 0 Å². The SMILES string of the molecule is C#CCSCCNc1cc(N2CCN(C)C(=O)C2)ncn1. The molecule has 0 spiro atoms. The van der Waals surface area contributed by atoms with Gasteiger partial charge in [0.15, 0.2) is 0 Å². The van der Waals surface area contributed by atoms with E-state index in [1.54, 1.807) is 16.7 Å². The molecule has 0 atom stereocenters. The highest BCUT2D eigenvalue weighted by Crippen LogP contribution is 2.16. The van der Waals surface area contributed by atoms with E-state index in [-0.39, 0.29) is 5.91 Å². The number of thioether (sulfide) groups is 1. The Kier molecular flexibility index (Phi) is 5.69. The van der Waals surface area contributed by atoms with Crippen LogP contribution in [0.1, 0.15) is 0 Å². The Morgan fingerprint density at radius 2 is 2.33 bits per heavy atom. The van der Waals surface area contributed by atoms with E-state index in [9.17, 15) is 4.79 Å². The molecule has 1 aromatic rings. The van der Waals surface area contributed by atoms with Crippen LogP contribution in [0, 0.1) is 12.3 Å². The summed E-state index contributed by atoms with van der Waals surface area (Å²) in [5.74, 6) is 5.91. The van der Waals surface area contributed by atoms with E-state index in [0.29, 0.717) is 13.1 Å². The van der Waals surface area contributed by atoms with Gasteiger partial charge in [-0.05, 0) is 0 Å². The number of nitrogens with one attached hydrogen (secondary N) is 1. The van der Waals surface area contributed by atoms with Crippen molar-refractivity contribution in [3.05, 3.63) is 12.4 Å². The first-order valence-corrected chi connectivity index (χ1v) is 7.92. The number of piperazine rings is 1. The molecule has 1 aromatic heterocycles. The maximum atomic E-state index is 11.7. The standard InChI is InChI=1S/C14H19N5OS/c1-3-7-21-8-4-15-12-9-13(17-11-16-12)19-6-5-18(2)14(20)10-19/h1,9,11H,4-8,10H2,2H3,(H,15,16,17). The summed E-state index contributed by atoms with van der Waals surface area (Å²) in [7, 11) is 1.82. The lowest BCUT2D eigenvalue weighted by atomic mass is 10.3. The maximum absolute atomic E-state index is 11.7. The predicted molar refractivity (Wildman–Crippen MR) is 86.5 cm³/mol. The van der Waals surface area contributed by atoms with E-state index in [4.69, 9.17) is 6.42 Å². The van der Waals surface area contributed by atoms with Crippen molar-refractivity contribution in [1.29, 1.82) is 0 Å². The van der Waals surface area contributed by atoms with Gasteiger partial charge in [-0.15, -0.1) is 18.2 Å². The van der Waals surface area contributed by atoms with Crippen molar-refractivity contribution in [2.45, 2.75) is 0 Å². The first-order valence-electron chi connectivity index (χ1n) is 6.76. The van der Waals surface area contributed by atoms with Crippen molar-refractivity contribution in [3.63, 3.8) is 0 Å². The molecule has 1 aliphatic rings. The number of amides is 1. The van der Waals surface area contributed by atoms with E-state index in [0.717, 1.165) is 36.2 Å². The van der Waals surface area contributed by atoms with Crippen LogP contribution in [-0.2, 0) is 4.79 Å². The number of hydrogen-bond acceptors (Lipinski definition) is 6. The molecular formula is C14H19N5OS. The van der Waals surface area contributed by atoms with Crippen LogP contribution >= 0.6 is 11.8 Å². The van der Waals surface area contributed by atoms with E-state index >= 15 is 0 Å². The van der Waals surface area contributed by atoms with Gasteiger partial charge in [0.2, 0.25) is 5.91 Å². The number of carbonyl (C=O) groups excluding carboxylic acids is 1. The molecule has 21 heavy (non-hydrogen) atoms. The van der Waals surface area contributed by atoms with Crippen LogP contribution in [0.25, 0.3) is 0 Å². The molecule has 1 amide bonds. The highest BCUT2D eigenvalue weighted by atomic mass is 32.2. The number of anilines is 2. The topological polar surface area (TPSA) is 61.4 Å². The van der Waals surface area contributed by atoms with Crippen molar-refractivity contribution in [3.8, 4) is 12.3 Å². The van der Waals surface area contributed by atoms with Crippen molar-refractivity contribution in [1.82, 2.24) is 14.9 Å². The van der Waals surface area contributed by atoms with E-state index < -0.39 is 0 Å². The molecule has 0 saturated carbocycles.